The number of nitriles is 1. The van der Waals surface area contributed by atoms with Gasteiger partial charge in [0.05, 0.1) is 11.3 Å². The third-order valence-electron chi connectivity index (χ3n) is 2.24. The maximum Gasteiger partial charge on any atom is 0.251 e. The molecule has 3 nitrogen and oxygen atoms in total. The van der Waals surface area contributed by atoms with Crippen LogP contribution in [0.25, 0.3) is 0 Å². The summed E-state index contributed by atoms with van der Waals surface area (Å²) in [5, 5.41) is 11.4. The normalized spacial score (nSPS) is 10.1. The third kappa shape index (κ3) is 2.85. The molecule has 0 radical (unpaired) electrons. The minimum Gasteiger partial charge on any atom is -0.337 e. The van der Waals surface area contributed by atoms with Crippen molar-refractivity contribution in [1.29, 1.82) is 5.26 Å². The molecule has 0 unspecified atom stereocenters. The maximum atomic E-state index is 13.4. The lowest BCUT2D eigenvalue weighted by atomic mass is 10.2. The van der Waals surface area contributed by atoms with Crippen LogP contribution in [0.5, 0.6) is 0 Å². The topological polar surface area (TPSA) is 48.7 Å². The van der Waals surface area contributed by atoms with E-state index in [2.05, 4.69) is 26.2 Å². The van der Waals surface area contributed by atoms with Crippen molar-refractivity contribution >= 4 is 27.4 Å². The molecule has 0 atom stereocenters. The summed E-state index contributed by atoms with van der Waals surface area (Å²) < 4.78 is 39.7. The van der Waals surface area contributed by atoms with Crippen molar-refractivity contribution in [3.8, 4) is 6.07 Å². The maximum absolute atomic E-state index is 13.4. The van der Waals surface area contributed by atoms with E-state index in [1.165, 1.54) is 12.1 Å². The summed E-state index contributed by atoms with van der Waals surface area (Å²) >= 11 is 3.18. The molecule has 1 aromatic carbocycles. The Morgan fingerprint density at radius 2 is 1.89 bits per heavy atom. The number of rotatable bonds is 2. The predicted molar refractivity (Wildman–Crippen MR) is 66.3 cm³/mol. The van der Waals surface area contributed by atoms with Gasteiger partial charge in [0.25, 0.3) is 5.95 Å². The van der Waals surface area contributed by atoms with E-state index >= 15 is 0 Å². The second-order valence-electron chi connectivity index (χ2n) is 3.52. The number of nitrogens with zero attached hydrogens (tertiary/aromatic N) is 2. The molecule has 0 saturated carbocycles. The Hall–Kier alpha value is -2.07. The van der Waals surface area contributed by atoms with Crippen molar-refractivity contribution in [1.82, 2.24) is 4.98 Å². The highest BCUT2D eigenvalue weighted by Gasteiger charge is 2.13. The second kappa shape index (κ2) is 5.28. The van der Waals surface area contributed by atoms with Crippen LogP contribution < -0.4 is 5.32 Å². The first kappa shape index (κ1) is 13.4. The molecule has 2 aromatic rings. The Balaban J connectivity index is 2.42. The van der Waals surface area contributed by atoms with Crippen molar-refractivity contribution in [3.05, 3.63) is 51.9 Å². The predicted octanol–water partition coefficient (Wildman–Crippen LogP) is 3.88. The van der Waals surface area contributed by atoms with Crippen LogP contribution in [0.2, 0.25) is 0 Å². The first-order valence-electron chi connectivity index (χ1n) is 4.99. The van der Waals surface area contributed by atoms with Crippen molar-refractivity contribution < 1.29 is 13.2 Å². The monoisotopic (exact) mass is 327 g/mol. The molecule has 2 rings (SSSR count). The van der Waals surface area contributed by atoms with E-state index in [1.54, 1.807) is 6.07 Å². The highest BCUT2D eigenvalue weighted by molar-refractivity contribution is 9.10. The van der Waals surface area contributed by atoms with Crippen LogP contribution in [0.15, 0.2) is 28.7 Å². The molecule has 0 amide bonds. The van der Waals surface area contributed by atoms with Gasteiger partial charge >= 0.3 is 0 Å². The highest BCUT2D eigenvalue weighted by atomic mass is 79.9. The largest absolute Gasteiger partial charge is 0.337 e. The molecule has 19 heavy (non-hydrogen) atoms. The minimum absolute atomic E-state index is 0.209. The number of benzene rings is 1. The number of hydrogen-bond acceptors (Lipinski definition) is 3. The molecule has 0 aliphatic carbocycles. The molecule has 96 valence electrons. The molecule has 1 aromatic heterocycles. The third-order valence-corrected chi connectivity index (χ3v) is 2.74. The molecular formula is C12H5BrF3N3. The number of hydrogen-bond donors (Lipinski definition) is 1. The van der Waals surface area contributed by atoms with Gasteiger partial charge in [0.15, 0.2) is 17.5 Å². The smallest absolute Gasteiger partial charge is 0.251 e. The number of anilines is 2. The molecule has 0 spiro atoms. The fourth-order valence-electron chi connectivity index (χ4n) is 1.38. The summed E-state index contributed by atoms with van der Waals surface area (Å²) in [6.45, 7) is 0. The van der Waals surface area contributed by atoms with E-state index in [0.29, 0.717) is 10.5 Å². The van der Waals surface area contributed by atoms with Crippen molar-refractivity contribution in [2.45, 2.75) is 0 Å². The Morgan fingerprint density at radius 1 is 1.16 bits per heavy atom. The molecule has 7 heteroatoms. The van der Waals surface area contributed by atoms with Gasteiger partial charge in [0, 0.05) is 10.5 Å². The SMILES string of the molecule is N#Cc1cc(Br)ccc1Nc1nc(F)c(F)cc1F. The Kier molecular flexibility index (Phi) is 3.71. The van der Waals surface area contributed by atoms with Crippen molar-refractivity contribution in [2.75, 3.05) is 5.32 Å². The van der Waals surface area contributed by atoms with Crippen molar-refractivity contribution in [2.24, 2.45) is 0 Å². The van der Waals surface area contributed by atoms with Crippen LogP contribution in [0, 0.1) is 28.9 Å². The van der Waals surface area contributed by atoms with Gasteiger partial charge < -0.3 is 5.32 Å². The summed E-state index contributed by atoms with van der Waals surface area (Å²) in [5.74, 6) is -4.33. The highest BCUT2D eigenvalue weighted by Crippen LogP contribution is 2.25. The number of halogens is 4. The lowest BCUT2D eigenvalue weighted by Gasteiger charge is -2.08. The van der Waals surface area contributed by atoms with Gasteiger partial charge in [-0.25, -0.2) is 8.78 Å². The van der Waals surface area contributed by atoms with Gasteiger partial charge in [-0.2, -0.15) is 14.6 Å². The van der Waals surface area contributed by atoms with Crippen molar-refractivity contribution in [3.63, 3.8) is 0 Å². The zero-order valence-electron chi connectivity index (χ0n) is 9.22. The summed E-state index contributed by atoms with van der Waals surface area (Å²) in [5.41, 5.74) is 0.448. The Bertz CT molecular complexity index is 683. The minimum atomic E-state index is -1.42. The molecule has 0 saturated heterocycles. The van der Waals surface area contributed by atoms with Crippen LogP contribution in [0.4, 0.5) is 24.7 Å². The molecule has 0 bridgehead atoms. The van der Waals surface area contributed by atoms with E-state index in [1.807, 2.05) is 6.07 Å². The number of nitrogens with one attached hydrogen (secondary N) is 1. The average molecular weight is 328 g/mol. The van der Waals surface area contributed by atoms with E-state index in [-0.39, 0.29) is 11.3 Å². The lowest BCUT2D eigenvalue weighted by molar-refractivity contribution is 0.467. The van der Waals surface area contributed by atoms with Gasteiger partial charge in [0.2, 0.25) is 0 Å². The van der Waals surface area contributed by atoms with Crippen LogP contribution in [0.3, 0.4) is 0 Å². The fraction of sp³-hybridized carbons (Fsp3) is 0. The lowest BCUT2D eigenvalue weighted by Crippen LogP contribution is -2.02. The first-order valence-corrected chi connectivity index (χ1v) is 5.79. The summed E-state index contributed by atoms with van der Waals surface area (Å²) in [4.78, 5) is 3.12. The summed E-state index contributed by atoms with van der Waals surface area (Å²) in [6, 6.07) is 6.88. The Labute approximate surface area is 114 Å². The number of aromatic nitrogens is 1. The van der Waals surface area contributed by atoms with E-state index in [4.69, 9.17) is 5.26 Å². The first-order chi connectivity index (χ1) is 9.01. The standard InChI is InChI=1S/C12H5BrF3N3/c13-7-1-2-10(6(3-7)5-17)18-12-9(15)4-8(14)11(16)19-12/h1-4H,(H,18,19). The fourth-order valence-corrected chi connectivity index (χ4v) is 1.74. The zero-order valence-corrected chi connectivity index (χ0v) is 10.8. The molecular weight excluding hydrogens is 323 g/mol. The molecule has 0 fully saturated rings. The quantitative estimate of drug-likeness (QED) is 0.851. The zero-order chi connectivity index (χ0) is 14.0. The average Bonchev–Trinajstić information content (AvgIpc) is 2.37. The molecule has 1 heterocycles. The van der Waals surface area contributed by atoms with Crippen LogP contribution in [0.1, 0.15) is 5.56 Å². The van der Waals surface area contributed by atoms with Crippen LogP contribution >= 0.6 is 15.9 Å². The van der Waals surface area contributed by atoms with Gasteiger partial charge in [0.1, 0.15) is 6.07 Å². The van der Waals surface area contributed by atoms with E-state index in [9.17, 15) is 13.2 Å². The molecule has 1 N–H and O–H groups in total. The summed E-state index contributed by atoms with van der Waals surface area (Å²) in [6.07, 6.45) is 0. The Morgan fingerprint density at radius 3 is 2.58 bits per heavy atom. The van der Waals surface area contributed by atoms with Gasteiger partial charge in [-0.15, -0.1) is 0 Å². The van der Waals surface area contributed by atoms with Crippen LogP contribution in [-0.4, -0.2) is 4.98 Å². The molecule has 0 aliphatic heterocycles. The van der Waals surface area contributed by atoms with Crippen LogP contribution in [-0.2, 0) is 0 Å². The van der Waals surface area contributed by atoms with Gasteiger partial charge in [-0.05, 0) is 18.2 Å². The van der Waals surface area contributed by atoms with Gasteiger partial charge in [-0.1, -0.05) is 15.9 Å². The van der Waals surface area contributed by atoms with Gasteiger partial charge in [-0.3, -0.25) is 0 Å². The van der Waals surface area contributed by atoms with E-state index in [0.717, 1.165) is 0 Å². The second-order valence-corrected chi connectivity index (χ2v) is 4.43. The molecule has 0 aliphatic rings. The summed E-state index contributed by atoms with van der Waals surface area (Å²) in [7, 11) is 0. The number of pyridine rings is 1. The van der Waals surface area contributed by atoms with E-state index < -0.39 is 23.4 Å².